The Balaban J connectivity index is 0.00000103. The minimum absolute atomic E-state index is 0.967. The number of benzene rings is 2. The van der Waals surface area contributed by atoms with Gasteiger partial charge in [-0.3, -0.25) is 0 Å². The van der Waals surface area contributed by atoms with Crippen LogP contribution in [0.15, 0.2) is 114 Å². The Labute approximate surface area is 205 Å². The molecular weight excluding hydrogens is 410 g/mol. The Kier molecular flexibility index (Phi) is 9.61. The minimum atomic E-state index is 0.967. The van der Waals surface area contributed by atoms with Crippen LogP contribution in [0.3, 0.4) is 0 Å². The van der Waals surface area contributed by atoms with E-state index in [0.29, 0.717) is 0 Å². The molecule has 3 aromatic rings. The summed E-state index contributed by atoms with van der Waals surface area (Å²) < 4.78 is 0. The first-order valence-electron chi connectivity index (χ1n) is 12.2. The summed E-state index contributed by atoms with van der Waals surface area (Å²) in [5.74, 6) is 0. The van der Waals surface area contributed by atoms with Gasteiger partial charge in [0.25, 0.3) is 0 Å². The van der Waals surface area contributed by atoms with Gasteiger partial charge in [-0.05, 0) is 65.8 Å². The molecule has 1 aliphatic rings. The van der Waals surface area contributed by atoms with Gasteiger partial charge in [-0.25, -0.2) is 4.98 Å². The van der Waals surface area contributed by atoms with E-state index in [0.717, 1.165) is 35.0 Å². The van der Waals surface area contributed by atoms with Crippen molar-refractivity contribution in [2.75, 3.05) is 0 Å². The normalized spacial score (nSPS) is 16.3. The van der Waals surface area contributed by atoms with Gasteiger partial charge in [0, 0.05) is 5.39 Å². The Morgan fingerprint density at radius 1 is 0.824 bits per heavy atom. The van der Waals surface area contributed by atoms with Crippen LogP contribution in [0.4, 0.5) is 0 Å². The lowest BCUT2D eigenvalue weighted by atomic mass is 9.97. The molecule has 0 saturated heterocycles. The molecular formula is C33H35N. The van der Waals surface area contributed by atoms with Crippen LogP contribution in [-0.2, 0) is 0 Å². The van der Waals surface area contributed by atoms with Crippen LogP contribution in [0.5, 0.6) is 0 Å². The number of rotatable bonds is 4. The Morgan fingerprint density at radius 3 is 2.21 bits per heavy atom. The molecule has 0 radical (unpaired) electrons. The van der Waals surface area contributed by atoms with E-state index in [-0.39, 0.29) is 0 Å². The van der Waals surface area contributed by atoms with Crippen LogP contribution in [0.2, 0.25) is 0 Å². The molecule has 172 valence electrons. The Hall–Kier alpha value is -3.71. The largest absolute Gasteiger partial charge is 0.248 e. The summed E-state index contributed by atoms with van der Waals surface area (Å²) in [7, 11) is 0. The number of pyridine rings is 1. The molecule has 0 atom stereocenters. The molecule has 1 aromatic heterocycles. The third-order valence-electron chi connectivity index (χ3n) is 5.47. The summed E-state index contributed by atoms with van der Waals surface area (Å²) in [6.07, 6.45) is 20.5. The molecule has 0 saturated carbocycles. The van der Waals surface area contributed by atoms with Gasteiger partial charge in [-0.15, -0.1) is 0 Å². The highest BCUT2D eigenvalue weighted by Gasteiger charge is 2.01. The average Bonchev–Trinajstić information content (AvgIpc) is 2.85. The molecule has 0 aliphatic heterocycles. The zero-order chi connectivity index (χ0) is 24.2. The van der Waals surface area contributed by atoms with Crippen molar-refractivity contribution in [2.24, 2.45) is 0 Å². The van der Waals surface area contributed by atoms with Crippen molar-refractivity contribution in [1.29, 1.82) is 0 Å². The van der Waals surface area contributed by atoms with E-state index in [1.807, 2.05) is 18.2 Å². The van der Waals surface area contributed by atoms with E-state index < -0.39 is 0 Å². The summed E-state index contributed by atoms with van der Waals surface area (Å²) >= 11 is 0. The van der Waals surface area contributed by atoms with Crippen LogP contribution in [0.25, 0.3) is 29.1 Å². The molecule has 0 bridgehead atoms. The fourth-order valence-corrected chi connectivity index (χ4v) is 3.62. The zero-order valence-electron chi connectivity index (χ0n) is 20.7. The van der Waals surface area contributed by atoms with Crippen molar-refractivity contribution in [3.63, 3.8) is 0 Å². The van der Waals surface area contributed by atoms with Gasteiger partial charge in [0.15, 0.2) is 0 Å². The summed E-state index contributed by atoms with van der Waals surface area (Å²) in [6.45, 7) is 10.5. The fourth-order valence-electron chi connectivity index (χ4n) is 3.62. The monoisotopic (exact) mass is 445 g/mol. The topological polar surface area (TPSA) is 12.9 Å². The third-order valence-corrected chi connectivity index (χ3v) is 5.47. The highest BCUT2D eigenvalue weighted by molar-refractivity contribution is 5.80. The SMILES string of the molecule is C=C1CCC=C(/C=C/c2ccc(/C=C/c3ccc4ccccc4n3)cc2)/C=C\C1=C\C.CCC. The highest BCUT2D eigenvalue weighted by atomic mass is 14.7. The molecule has 0 N–H and O–H groups in total. The van der Waals surface area contributed by atoms with Gasteiger partial charge in [-0.2, -0.15) is 0 Å². The van der Waals surface area contributed by atoms with Crippen LogP contribution in [0, 0.1) is 0 Å². The molecule has 1 heteroatoms. The molecule has 0 amide bonds. The summed E-state index contributed by atoms with van der Waals surface area (Å²) in [6, 6.07) is 20.9. The van der Waals surface area contributed by atoms with Crippen molar-refractivity contribution in [2.45, 2.75) is 40.0 Å². The molecule has 0 unspecified atom stereocenters. The quantitative estimate of drug-likeness (QED) is 0.389. The van der Waals surface area contributed by atoms with E-state index in [9.17, 15) is 0 Å². The van der Waals surface area contributed by atoms with Gasteiger partial charge in [0.05, 0.1) is 11.2 Å². The predicted octanol–water partition coefficient (Wildman–Crippen LogP) is 9.61. The van der Waals surface area contributed by atoms with Crippen molar-refractivity contribution in [3.05, 3.63) is 131 Å². The average molecular weight is 446 g/mol. The smallest absolute Gasteiger partial charge is 0.0709 e. The lowest BCUT2D eigenvalue weighted by Gasteiger charge is -2.08. The van der Waals surface area contributed by atoms with E-state index in [2.05, 4.69) is 118 Å². The number of hydrogen-bond donors (Lipinski definition) is 0. The Morgan fingerprint density at radius 2 is 1.50 bits per heavy atom. The van der Waals surface area contributed by atoms with Gasteiger partial charge in [-0.1, -0.05) is 118 Å². The summed E-state index contributed by atoms with van der Waals surface area (Å²) in [4.78, 5) is 4.70. The van der Waals surface area contributed by atoms with Gasteiger partial charge < -0.3 is 0 Å². The fraction of sp³-hybridized carbons (Fsp3) is 0.182. The van der Waals surface area contributed by atoms with E-state index in [1.165, 1.54) is 28.7 Å². The second-order valence-electron chi connectivity index (χ2n) is 8.39. The molecule has 4 rings (SSSR count). The van der Waals surface area contributed by atoms with Crippen LogP contribution in [0.1, 0.15) is 56.9 Å². The lowest BCUT2D eigenvalue weighted by Crippen LogP contribution is -1.89. The molecule has 0 fully saturated rings. The van der Waals surface area contributed by atoms with E-state index in [4.69, 9.17) is 4.98 Å². The standard InChI is InChI=1S/C30H27N.C3H8/c1-3-27-19-17-24(8-6-7-23(27)2)11-12-25-13-15-26(16-14-25)18-21-29-22-20-28-9-4-5-10-30(28)31-29;1-3-2/h3-5,8-22H,2,6-7H2,1H3;3H2,1-2H3/b12-11+,19-17-,21-18+,24-8?,27-3-;. The number of hydrogen-bond acceptors (Lipinski definition) is 1. The van der Waals surface area contributed by atoms with Crippen molar-refractivity contribution in [3.8, 4) is 0 Å². The first kappa shape index (κ1) is 24.9. The Bertz CT molecular complexity index is 1250. The first-order chi connectivity index (χ1) is 16.6. The molecule has 1 aliphatic carbocycles. The van der Waals surface area contributed by atoms with Gasteiger partial charge in [0.1, 0.15) is 0 Å². The number of fused-ring (bicyclic) bond motifs is 1. The second-order valence-corrected chi connectivity index (χ2v) is 8.39. The molecule has 34 heavy (non-hydrogen) atoms. The lowest BCUT2D eigenvalue weighted by molar-refractivity contribution is 0.989. The van der Waals surface area contributed by atoms with Crippen LogP contribution in [-0.4, -0.2) is 4.98 Å². The summed E-state index contributed by atoms with van der Waals surface area (Å²) in [5, 5.41) is 1.16. The number of aromatic nitrogens is 1. The first-order valence-corrected chi connectivity index (χ1v) is 12.2. The van der Waals surface area contributed by atoms with E-state index in [1.54, 1.807) is 0 Å². The van der Waals surface area contributed by atoms with E-state index >= 15 is 0 Å². The number of nitrogens with zero attached hydrogens (tertiary/aromatic N) is 1. The molecule has 1 nitrogen and oxygen atoms in total. The summed E-state index contributed by atoms with van der Waals surface area (Å²) in [5.41, 5.74) is 8.01. The zero-order valence-corrected chi connectivity index (χ0v) is 20.7. The van der Waals surface area contributed by atoms with Crippen LogP contribution < -0.4 is 0 Å². The van der Waals surface area contributed by atoms with Crippen molar-refractivity contribution in [1.82, 2.24) is 4.98 Å². The maximum absolute atomic E-state index is 4.70. The van der Waals surface area contributed by atoms with Gasteiger partial charge >= 0.3 is 0 Å². The third kappa shape index (κ3) is 7.42. The van der Waals surface area contributed by atoms with Gasteiger partial charge in [0.2, 0.25) is 0 Å². The second kappa shape index (κ2) is 13.1. The van der Waals surface area contributed by atoms with Crippen molar-refractivity contribution >= 4 is 29.1 Å². The molecule has 0 spiro atoms. The van der Waals surface area contributed by atoms with Crippen molar-refractivity contribution < 1.29 is 0 Å². The predicted molar refractivity (Wildman–Crippen MR) is 151 cm³/mol. The highest BCUT2D eigenvalue weighted by Crippen LogP contribution is 2.21. The minimum Gasteiger partial charge on any atom is -0.248 e. The number of allylic oxidation sites excluding steroid dienone is 8. The maximum Gasteiger partial charge on any atom is 0.0709 e. The molecule has 2 aromatic carbocycles. The maximum atomic E-state index is 4.70. The number of para-hydroxylation sites is 1. The van der Waals surface area contributed by atoms with Crippen LogP contribution >= 0.6 is 0 Å². The molecule has 1 heterocycles.